The fourth-order valence-electron chi connectivity index (χ4n) is 6.02. The number of methoxy groups -OCH3 is 1. The van der Waals surface area contributed by atoms with Gasteiger partial charge in [0.1, 0.15) is 18.3 Å². The molecule has 0 heterocycles. The molecule has 2 amide bonds. The van der Waals surface area contributed by atoms with Gasteiger partial charge in [0.05, 0.1) is 17.7 Å². The first-order valence-corrected chi connectivity index (χ1v) is 18.6. The highest BCUT2D eigenvalue weighted by Gasteiger charge is 2.36. The lowest BCUT2D eigenvalue weighted by atomic mass is 9.94. The summed E-state index contributed by atoms with van der Waals surface area (Å²) in [6.45, 7) is -0.753. The van der Waals surface area contributed by atoms with Gasteiger partial charge in [-0.25, -0.2) is 8.42 Å². The molecule has 0 spiro atoms. The number of carbonyl (C=O) groups is 2. The third kappa shape index (κ3) is 9.28. The van der Waals surface area contributed by atoms with E-state index in [9.17, 15) is 18.0 Å². The van der Waals surface area contributed by atoms with Crippen LogP contribution in [0.4, 0.5) is 5.69 Å². The van der Waals surface area contributed by atoms with E-state index in [-0.39, 0.29) is 46.3 Å². The van der Waals surface area contributed by atoms with Gasteiger partial charge < -0.3 is 15.0 Å². The Hall–Kier alpha value is -3.76. The van der Waals surface area contributed by atoms with Crippen molar-refractivity contribution in [3.05, 3.63) is 123 Å². The smallest absolute Gasteiger partial charge is 0.264 e. The van der Waals surface area contributed by atoms with Crippen LogP contribution in [0, 0.1) is 0 Å². The summed E-state index contributed by atoms with van der Waals surface area (Å²) in [5.41, 5.74) is 1.44. The second kappa shape index (κ2) is 16.8. The predicted octanol–water partition coefficient (Wildman–Crippen LogP) is 7.94. The van der Waals surface area contributed by atoms with Gasteiger partial charge in [-0.15, -0.1) is 0 Å². The molecule has 0 aromatic heterocycles. The summed E-state index contributed by atoms with van der Waals surface area (Å²) in [6.07, 6.45) is 4.99. The number of sulfonamides is 1. The van der Waals surface area contributed by atoms with Crippen LogP contribution in [0.2, 0.25) is 15.1 Å². The third-order valence-electron chi connectivity index (χ3n) is 8.60. The van der Waals surface area contributed by atoms with Crippen LogP contribution in [0.3, 0.4) is 0 Å². The van der Waals surface area contributed by atoms with Crippen LogP contribution < -0.4 is 14.4 Å². The topological polar surface area (TPSA) is 96.0 Å². The number of nitrogens with one attached hydrogen (secondary N) is 1. The van der Waals surface area contributed by atoms with Gasteiger partial charge in [0, 0.05) is 34.1 Å². The maximum Gasteiger partial charge on any atom is 0.264 e. The van der Waals surface area contributed by atoms with Gasteiger partial charge in [-0.2, -0.15) is 0 Å². The predicted molar refractivity (Wildman–Crippen MR) is 195 cm³/mol. The van der Waals surface area contributed by atoms with E-state index in [4.69, 9.17) is 39.5 Å². The molecule has 4 aromatic rings. The minimum absolute atomic E-state index is 0.0266. The molecule has 1 N–H and O–H groups in total. The van der Waals surface area contributed by atoms with Crippen LogP contribution >= 0.6 is 34.8 Å². The molecule has 1 unspecified atom stereocenters. The lowest BCUT2D eigenvalue weighted by Gasteiger charge is -2.35. The molecule has 1 fully saturated rings. The van der Waals surface area contributed by atoms with Crippen molar-refractivity contribution in [3.8, 4) is 5.75 Å². The number of hydrogen-bond acceptors (Lipinski definition) is 5. The maximum absolute atomic E-state index is 14.8. The second-order valence-electron chi connectivity index (χ2n) is 11.9. The number of ether oxygens (including phenoxy) is 1. The summed E-state index contributed by atoms with van der Waals surface area (Å²) in [6, 6.07) is 25.6. The summed E-state index contributed by atoms with van der Waals surface area (Å²) >= 11 is 19.2. The van der Waals surface area contributed by atoms with Gasteiger partial charge in [-0.1, -0.05) is 109 Å². The Morgan fingerprint density at radius 1 is 0.857 bits per heavy atom. The quantitative estimate of drug-likeness (QED) is 0.150. The van der Waals surface area contributed by atoms with E-state index in [0.29, 0.717) is 15.6 Å². The molecule has 1 saturated carbocycles. The number of rotatable bonds is 13. The molecular formula is C37H38Cl3N3O5S. The number of benzene rings is 4. The standard InChI is InChI=1S/C37H38Cl3N3O5S/c1-48-35-20-19-29(39)23-33(35)43(49(46,47)31-15-9-4-10-16-31)25-36(44)42(24-27-17-18-28(38)22-32(27)40)34(21-26-11-5-2-6-12-26)37(45)41-30-13-7-3-8-14-30/h2,4-6,9-12,15-20,22-23,30,34H,3,7-8,13-14,21,24-25H2,1H3,(H,41,45). The van der Waals surface area contributed by atoms with E-state index < -0.39 is 28.5 Å². The molecule has 258 valence electrons. The van der Waals surface area contributed by atoms with Gasteiger partial charge in [0.15, 0.2) is 0 Å². The zero-order valence-corrected chi connectivity index (χ0v) is 30.1. The fraction of sp³-hybridized carbons (Fsp3) is 0.297. The number of carbonyl (C=O) groups excluding carboxylic acids is 2. The van der Waals surface area contributed by atoms with E-state index in [1.807, 2.05) is 30.3 Å². The number of hydrogen-bond donors (Lipinski definition) is 1. The van der Waals surface area contributed by atoms with Crippen molar-refractivity contribution in [1.82, 2.24) is 10.2 Å². The minimum atomic E-state index is -4.34. The molecule has 0 aliphatic heterocycles. The molecule has 0 saturated heterocycles. The van der Waals surface area contributed by atoms with Crippen LogP contribution in [0.1, 0.15) is 43.2 Å². The van der Waals surface area contributed by atoms with Gasteiger partial charge in [0.2, 0.25) is 11.8 Å². The normalized spacial score (nSPS) is 14.1. The van der Waals surface area contributed by atoms with E-state index >= 15 is 0 Å². The number of anilines is 1. The maximum atomic E-state index is 14.8. The fourth-order valence-corrected chi connectivity index (χ4v) is 8.09. The highest BCUT2D eigenvalue weighted by Crippen LogP contribution is 2.35. The summed E-state index contributed by atoms with van der Waals surface area (Å²) in [5, 5.41) is 4.16. The number of nitrogens with zero attached hydrogens (tertiary/aromatic N) is 2. The van der Waals surface area contributed by atoms with Crippen molar-refractivity contribution in [2.75, 3.05) is 18.0 Å². The molecule has 0 radical (unpaired) electrons. The first kappa shape index (κ1) is 36.5. The Morgan fingerprint density at radius 2 is 1.49 bits per heavy atom. The summed E-state index contributed by atoms with van der Waals surface area (Å²) in [4.78, 5) is 30.5. The zero-order valence-electron chi connectivity index (χ0n) is 27.0. The average Bonchev–Trinajstić information content (AvgIpc) is 3.10. The first-order chi connectivity index (χ1) is 23.6. The molecular weight excluding hydrogens is 705 g/mol. The molecule has 5 rings (SSSR count). The molecule has 1 aliphatic carbocycles. The lowest BCUT2D eigenvalue weighted by molar-refractivity contribution is -0.140. The molecule has 1 aliphatic rings. The Kier molecular flexibility index (Phi) is 12.5. The van der Waals surface area contributed by atoms with Crippen LogP contribution in [0.5, 0.6) is 5.75 Å². The Morgan fingerprint density at radius 3 is 2.14 bits per heavy atom. The van der Waals surface area contributed by atoms with Crippen molar-refractivity contribution in [3.63, 3.8) is 0 Å². The van der Waals surface area contributed by atoms with Crippen LogP contribution in [0.25, 0.3) is 0 Å². The van der Waals surface area contributed by atoms with E-state index in [1.165, 1.54) is 36.3 Å². The molecule has 0 bridgehead atoms. The first-order valence-electron chi connectivity index (χ1n) is 16.1. The Bertz CT molecular complexity index is 1860. The number of halogens is 3. The third-order valence-corrected chi connectivity index (χ3v) is 11.2. The molecule has 49 heavy (non-hydrogen) atoms. The van der Waals surface area contributed by atoms with E-state index in [2.05, 4.69) is 5.32 Å². The van der Waals surface area contributed by atoms with Crippen molar-refractivity contribution in [2.45, 2.75) is 62.0 Å². The Balaban J connectivity index is 1.61. The van der Waals surface area contributed by atoms with Crippen molar-refractivity contribution in [1.29, 1.82) is 0 Å². The van der Waals surface area contributed by atoms with Crippen molar-refractivity contribution >= 4 is 62.3 Å². The molecule has 12 heteroatoms. The second-order valence-corrected chi connectivity index (χ2v) is 15.1. The SMILES string of the molecule is COc1ccc(Cl)cc1N(CC(=O)N(Cc1ccc(Cl)cc1Cl)C(Cc1ccccc1)C(=O)NC1CCCCC1)S(=O)(=O)c1ccccc1. The van der Waals surface area contributed by atoms with Crippen molar-refractivity contribution in [2.24, 2.45) is 0 Å². The van der Waals surface area contributed by atoms with Gasteiger partial charge in [-0.05, 0) is 66.4 Å². The summed E-state index contributed by atoms with van der Waals surface area (Å²) < 4.78 is 35.2. The minimum Gasteiger partial charge on any atom is -0.495 e. The summed E-state index contributed by atoms with van der Waals surface area (Å²) in [5.74, 6) is -0.765. The summed E-state index contributed by atoms with van der Waals surface area (Å²) in [7, 11) is -2.94. The van der Waals surface area contributed by atoms with Gasteiger partial charge in [-0.3, -0.25) is 13.9 Å². The lowest BCUT2D eigenvalue weighted by Crippen LogP contribution is -2.55. The van der Waals surface area contributed by atoms with E-state index in [1.54, 1.807) is 42.5 Å². The van der Waals surface area contributed by atoms with Crippen molar-refractivity contribution < 1.29 is 22.7 Å². The van der Waals surface area contributed by atoms with Gasteiger partial charge >= 0.3 is 0 Å². The largest absolute Gasteiger partial charge is 0.495 e. The van der Waals surface area contributed by atoms with Gasteiger partial charge in [0.25, 0.3) is 10.0 Å². The number of amides is 2. The zero-order chi connectivity index (χ0) is 35.0. The molecule has 1 atom stereocenters. The highest BCUT2D eigenvalue weighted by molar-refractivity contribution is 7.92. The highest BCUT2D eigenvalue weighted by atomic mass is 35.5. The van der Waals surface area contributed by atoms with Crippen LogP contribution in [0.15, 0.2) is 102 Å². The van der Waals surface area contributed by atoms with Crippen LogP contribution in [-0.2, 0) is 32.6 Å². The monoisotopic (exact) mass is 741 g/mol. The Labute approximate surface area is 303 Å². The molecule has 4 aromatic carbocycles. The van der Waals surface area contributed by atoms with E-state index in [0.717, 1.165) is 42.0 Å². The average molecular weight is 743 g/mol. The van der Waals surface area contributed by atoms with Crippen LogP contribution in [-0.4, -0.2) is 50.9 Å². The molecule has 8 nitrogen and oxygen atoms in total.